The van der Waals surface area contributed by atoms with Gasteiger partial charge in [0.2, 0.25) is 0 Å². The first-order valence-electron chi connectivity index (χ1n) is 11.2. The molecule has 166 valence electrons. The molecule has 0 atom stereocenters. The number of aromatic nitrogens is 1. The van der Waals surface area contributed by atoms with Crippen LogP contribution in [-0.2, 0) is 12.0 Å². The average Bonchev–Trinajstić information content (AvgIpc) is 3.03. The molecule has 1 fully saturated rings. The van der Waals surface area contributed by atoms with Crippen molar-refractivity contribution in [3.05, 3.63) is 53.3 Å². The topological polar surface area (TPSA) is 48.9 Å². The van der Waals surface area contributed by atoms with Crippen LogP contribution in [0.2, 0.25) is 0 Å². The van der Waals surface area contributed by atoms with Gasteiger partial charge in [-0.2, -0.15) is 0 Å². The maximum Gasteiger partial charge on any atom is 0.324 e. The first-order valence-corrected chi connectivity index (χ1v) is 11.2. The zero-order chi connectivity index (χ0) is 22.2. The highest BCUT2D eigenvalue weighted by molar-refractivity contribution is 5.94. The monoisotopic (exact) mass is 422 g/mol. The largest absolute Gasteiger partial charge is 0.497 e. The summed E-state index contributed by atoms with van der Waals surface area (Å²) < 4.78 is 5.35. The molecule has 1 aromatic heterocycles. The molecule has 0 saturated carbocycles. The van der Waals surface area contributed by atoms with Gasteiger partial charge in [0.15, 0.2) is 0 Å². The van der Waals surface area contributed by atoms with Crippen molar-refractivity contribution in [1.29, 1.82) is 0 Å². The van der Waals surface area contributed by atoms with Gasteiger partial charge >= 0.3 is 6.03 Å². The number of fused-ring (bicyclic) bond motifs is 1. The number of ether oxygens (including phenoxy) is 1. The van der Waals surface area contributed by atoms with E-state index in [9.17, 15) is 4.79 Å². The first kappa shape index (κ1) is 21.6. The number of pyridine rings is 1. The van der Waals surface area contributed by atoms with Gasteiger partial charge in [-0.3, -0.25) is 14.8 Å². The molecule has 2 aliphatic rings. The van der Waals surface area contributed by atoms with Crippen molar-refractivity contribution in [2.75, 3.05) is 38.7 Å². The number of amides is 2. The SMILES string of the molecule is COc1cccc(CN(C)C2CCN(C(=O)N3CC(C)(C)c4nc(C)ccc43)CC2)c1. The Kier molecular flexibility index (Phi) is 5.93. The van der Waals surface area contributed by atoms with Crippen LogP contribution in [0.15, 0.2) is 36.4 Å². The van der Waals surface area contributed by atoms with Crippen LogP contribution < -0.4 is 9.64 Å². The van der Waals surface area contributed by atoms with Gasteiger partial charge in [0.1, 0.15) is 5.75 Å². The van der Waals surface area contributed by atoms with Gasteiger partial charge in [-0.1, -0.05) is 26.0 Å². The third kappa shape index (κ3) is 4.40. The zero-order valence-corrected chi connectivity index (χ0v) is 19.4. The van der Waals surface area contributed by atoms with Gasteiger partial charge in [0, 0.05) is 43.3 Å². The van der Waals surface area contributed by atoms with Crippen LogP contribution in [0.1, 0.15) is 43.6 Å². The number of hydrogen-bond donors (Lipinski definition) is 0. The lowest BCUT2D eigenvalue weighted by Gasteiger charge is -2.38. The summed E-state index contributed by atoms with van der Waals surface area (Å²) in [4.78, 5) is 24.5. The molecule has 2 amide bonds. The summed E-state index contributed by atoms with van der Waals surface area (Å²) in [7, 11) is 3.88. The highest BCUT2D eigenvalue weighted by atomic mass is 16.5. The molecule has 1 saturated heterocycles. The Balaban J connectivity index is 1.37. The molecule has 6 nitrogen and oxygen atoms in total. The number of anilines is 1. The highest BCUT2D eigenvalue weighted by Gasteiger charge is 2.41. The molecule has 31 heavy (non-hydrogen) atoms. The van der Waals surface area contributed by atoms with Gasteiger partial charge in [-0.15, -0.1) is 0 Å². The minimum absolute atomic E-state index is 0.117. The molecule has 2 aliphatic heterocycles. The molecular formula is C25H34N4O2. The summed E-state index contributed by atoms with van der Waals surface area (Å²) in [5, 5.41) is 0. The lowest BCUT2D eigenvalue weighted by atomic mass is 9.91. The Bertz CT molecular complexity index is 950. The van der Waals surface area contributed by atoms with E-state index in [2.05, 4.69) is 44.0 Å². The van der Waals surface area contributed by atoms with Crippen molar-refractivity contribution in [2.45, 2.75) is 51.6 Å². The number of nitrogens with zero attached hydrogens (tertiary/aromatic N) is 4. The van der Waals surface area contributed by atoms with Crippen LogP contribution in [0.5, 0.6) is 5.75 Å². The van der Waals surface area contributed by atoms with Gasteiger partial charge in [0.25, 0.3) is 0 Å². The van der Waals surface area contributed by atoms with Crippen molar-refractivity contribution in [3.63, 3.8) is 0 Å². The van der Waals surface area contributed by atoms with Crippen LogP contribution in [-0.4, -0.2) is 60.6 Å². The second kappa shape index (κ2) is 8.50. The fourth-order valence-electron chi connectivity index (χ4n) is 4.85. The third-order valence-corrected chi connectivity index (χ3v) is 6.65. The molecule has 3 heterocycles. The van der Waals surface area contributed by atoms with E-state index in [1.54, 1.807) is 7.11 Å². The molecule has 0 bridgehead atoms. The van der Waals surface area contributed by atoms with Crippen molar-refractivity contribution in [1.82, 2.24) is 14.8 Å². The molecule has 2 aromatic rings. The lowest BCUT2D eigenvalue weighted by Crippen LogP contribution is -2.50. The van der Waals surface area contributed by atoms with E-state index in [0.717, 1.165) is 55.3 Å². The number of hydrogen-bond acceptors (Lipinski definition) is 4. The fourth-order valence-corrected chi connectivity index (χ4v) is 4.85. The van der Waals surface area contributed by atoms with Gasteiger partial charge < -0.3 is 9.64 Å². The van der Waals surface area contributed by atoms with E-state index in [-0.39, 0.29) is 11.4 Å². The number of carbonyl (C=O) groups excluding carboxylic acids is 1. The van der Waals surface area contributed by atoms with Crippen LogP contribution in [0.3, 0.4) is 0 Å². The Labute approximate surface area is 185 Å². The molecule has 6 heteroatoms. The average molecular weight is 423 g/mol. The molecule has 0 radical (unpaired) electrons. The summed E-state index contributed by atoms with van der Waals surface area (Å²) in [5.41, 5.74) is 4.14. The molecule has 0 N–H and O–H groups in total. The summed E-state index contributed by atoms with van der Waals surface area (Å²) in [6.45, 7) is 9.50. The zero-order valence-electron chi connectivity index (χ0n) is 19.4. The summed E-state index contributed by atoms with van der Waals surface area (Å²) in [6, 6.07) is 12.9. The highest BCUT2D eigenvalue weighted by Crippen LogP contribution is 2.40. The van der Waals surface area contributed by atoms with Gasteiger partial charge in [-0.25, -0.2) is 4.79 Å². The normalized spacial score (nSPS) is 18.4. The van der Waals surface area contributed by atoms with Gasteiger partial charge in [0.05, 0.1) is 18.5 Å². The minimum Gasteiger partial charge on any atom is -0.497 e. The lowest BCUT2D eigenvalue weighted by molar-refractivity contribution is 0.133. The maximum atomic E-state index is 13.4. The predicted octanol–water partition coefficient (Wildman–Crippen LogP) is 4.21. The van der Waals surface area contributed by atoms with E-state index in [0.29, 0.717) is 12.6 Å². The van der Waals surface area contributed by atoms with Gasteiger partial charge in [-0.05, 0) is 56.6 Å². The van der Waals surface area contributed by atoms with Crippen LogP contribution in [0, 0.1) is 6.92 Å². The fraction of sp³-hybridized carbons (Fsp3) is 0.520. The molecular weight excluding hydrogens is 388 g/mol. The number of benzene rings is 1. The first-order chi connectivity index (χ1) is 14.8. The smallest absolute Gasteiger partial charge is 0.324 e. The molecule has 0 aliphatic carbocycles. The second-order valence-corrected chi connectivity index (χ2v) is 9.56. The molecule has 1 aromatic carbocycles. The van der Waals surface area contributed by atoms with Crippen molar-refractivity contribution in [3.8, 4) is 5.75 Å². The Hall–Kier alpha value is -2.60. The number of piperidine rings is 1. The summed E-state index contributed by atoms with van der Waals surface area (Å²) >= 11 is 0. The van der Waals surface area contributed by atoms with Crippen molar-refractivity contribution < 1.29 is 9.53 Å². The maximum absolute atomic E-state index is 13.4. The third-order valence-electron chi connectivity index (χ3n) is 6.65. The van der Waals surface area contributed by atoms with Crippen LogP contribution in [0.25, 0.3) is 0 Å². The Morgan fingerprint density at radius 2 is 1.97 bits per heavy atom. The summed E-state index contributed by atoms with van der Waals surface area (Å²) in [5.74, 6) is 0.893. The van der Waals surface area contributed by atoms with Crippen LogP contribution in [0.4, 0.5) is 10.5 Å². The number of methoxy groups -OCH3 is 1. The number of carbonyl (C=O) groups is 1. The number of rotatable bonds is 4. The van der Waals surface area contributed by atoms with Crippen molar-refractivity contribution >= 4 is 11.7 Å². The van der Waals surface area contributed by atoms with E-state index in [4.69, 9.17) is 9.72 Å². The minimum atomic E-state index is -0.119. The molecule has 4 rings (SSSR count). The Morgan fingerprint density at radius 3 is 2.68 bits per heavy atom. The molecule has 0 unspecified atom stereocenters. The van der Waals surface area contributed by atoms with Crippen molar-refractivity contribution in [2.24, 2.45) is 0 Å². The molecule has 0 spiro atoms. The number of urea groups is 1. The van der Waals surface area contributed by atoms with E-state index in [1.807, 2.05) is 34.9 Å². The van der Waals surface area contributed by atoms with Crippen LogP contribution >= 0.6 is 0 Å². The number of likely N-dealkylation sites (tertiary alicyclic amines) is 1. The van der Waals surface area contributed by atoms with E-state index in [1.165, 1.54) is 5.56 Å². The standard InChI is InChI=1S/C25H34N4O2/c1-18-9-10-22-23(26-18)25(2,3)17-29(22)24(30)28-13-11-20(12-14-28)27(4)16-19-7-6-8-21(15-19)31-5/h6-10,15,20H,11-14,16-17H2,1-5H3. The summed E-state index contributed by atoms with van der Waals surface area (Å²) in [6.07, 6.45) is 1.98. The predicted molar refractivity (Wildman–Crippen MR) is 124 cm³/mol. The Morgan fingerprint density at radius 1 is 1.23 bits per heavy atom. The van der Waals surface area contributed by atoms with E-state index < -0.39 is 0 Å². The quantitative estimate of drug-likeness (QED) is 0.741. The number of aryl methyl sites for hydroxylation is 1. The van der Waals surface area contributed by atoms with E-state index >= 15 is 0 Å². The second-order valence-electron chi connectivity index (χ2n) is 9.56.